The predicted octanol–water partition coefficient (Wildman–Crippen LogP) is 5.82. The summed E-state index contributed by atoms with van der Waals surface area (Å²) in [5.74, 6) is -2.32. The minimum Gasteiger partial charge on any atom is -0.504 e. The van der Waals surface area contributed by atoms with E-state index in [9.17, 15) is 36.3 Å². The first-order valence-corrected chi connectivity index (χ1v) is 14.7. The van der Waals surface area contributed by atoms with Gasteiger partial charge in [0.15, 0.2) is 26.4 Å². The second kappa shape index (κ2) is 11.6. The number of nitrogens with zero attached hydrogens (tertiary/aromatic N) is 2. The highest BCUT2D eigenvalue weighted by atomic mass is 35.5. The molecule has 9 nitrogen and oxygen atoms in total. The fourth-order valence-electron chi connectivity index (χ4n) is 3.50. The largest absolute Gasteiger partial charge is 0.504 e. The van der Waals surface area contributed by atoms with Crippen molar-refractivity contribution in [2.24, 2.45) is 0 Å². The molecule has 16 heteroatoms. The number of carbonyl (C=O) groups is 2. The number of sulfone groups is 1. The van der Waals surface area contributed by atoms with E-state index in [1.165, 1.54) is 42.5 Å². The normalized spacial score (nSPS) is 11.8. The van der Waals surface area contributed by atoms with Crippen molar-refractivity contribution < 1.29 is 36.3 Å². The van der Waals surface area contributed by atoms with E-state index in [2.05, 4.69) is 20.6 Å². The maximum absolute atomic E-state index is 13.4. The first kappa shape index (κ1) is 30.2. The van der Waals surface area contributed by atoms with Gasteiger partial charge in [-0.15, -0.1) is 0 Å². The number of alkyl halides is 3. The van der Waals surface area contributed by atoms with Gasteiger partial charge in [0, 0.05) is 18.4 Å². The zero-order chi connectivity index (χ0) is 30.1. The van der Waals surface area contributed by atoms with Crippen LogP contribution in [0.1, 0.15) is 32.1 Å². The van der Waals surface area contributed by atoms with Gasteiger partial charge in [-0.3, -0.25) is 9.59 Å². The maximum Gasteiger partial charge on any atom is 0.416 e. The summed E-state index contributed by atoms with van der Waals surface area (Å²) in [4.78, 5) is 34.1. The minimum absolute atomic E-state index is 0.0415. The third-order valence-corrected chi connectivity index (χ3v) is 8.20. The van der Waals surface area contributed by atoms with E-state index in [-0.39, 0.29) is 36.9 Å². The van der Waals surface area contributed by atoms with E-state index in [1.807, 2.05) is 0 Å². The van der Waals surface area contributed by atoms with Gasteiger partial charge < -0.3 is 15.7 Å². The molecule has 0 spiro atoms. The summed E-state index contributed by atoms with van der Waals surface area (Å²) in [7, 11) is -3.49. The highest BCUT2D eigenvalue weighted by molar-refractivity contribution is 7.90. The highest BCUT2D eigenvalue weighted by Crippen LogP contribution is 2.35. The van der Waals surface area contributed by atoms with Crippen LogP contribution in [-0.2, 0) is 22.6 Å². The number of rotatable bonds is 7. The summed E-state index contributed by atoms with van der Waals surface area (Å²) in [5, 5.41) is 14.0. The zero-order valence-electron chi connectivity index (χ0n) is 20.6. The molecule has 0 radical (unpaired) electrons. The van der Waals surface area contributed by atoms with Gasteiger partial charge >= 0.3 is 6.18 Å². The Morgan fingerprint density at radius 2 is 1.68 bits per heavy atom. The van der Waals surface area contributed by atoms with Crippen molar-refractivity contribution in [2.75, 3.05) is 11.6 Å². The predicted molar refractivity (Wildman–Crippen MR) is 147 cm³/mol. The summed E-state index contributed by atoms with van der Waals surface area (Å²) in [6, 6.07) is 11.3. The lowest BCUT2D eigenvalue weighted by atomic mass is 10.1. The SMILES string of the molecule is CS(=O)(=O)c1ccc(-c2nc(C(=O)NCc3ccccc3C(F)(F)F)c(NC(=O)c3cc(Cl)c(O)c(Cl)n3)s2)cc1. The Kier molecular flexibility index (Phi) is 8.59. The van der Waals surface area contributed by atoms with Crippen LogP contribution in [0.3, 0.4) is 0 Å². The Bertz CT molecular complexity index is 1740. The average molecular weight is 645 g/mol. The number of hydrogen-bond donors (Lipinski definition) is 3. The van der Waals surface area contributed by atoms with E-state index < -0.39 is 50.8 Å². The van der Waals surface area contributed by atoms with Crippen LogP contribution in [0.15, 0.2) is 59.5 Å². The molecular weight excluding hydrogens is 628 g/mol. The van der Waals surface area contributed by atoms with E-state index >= 15 is 0 Å². The topological polar surface area (TPSA) is 138 Å². The molecule has 0 saturated heterocycles. The number of benzene rings is 2. The van der Waals surface area contributed by atoms with E-state index in [0.29, 0.717) is 5.56 Å². The zero-order valence-corrected chi connectivity index (χ0v) is 23.7. The van der Waals surface area contributed by atoms with Crippen LogP contribution < -0.4 is 10.6 Å². The Balaban J connectivity index is 1.68. The van der Waals surface area contributed by atoms with Crippen LogP contribution in [0.5, 0.6) is 5.75 Å². The van der Waals surface area contributed by atoms with Crippen LogP contribution in [-0.4, -0.2) is 41.6 Å². The van der Waals surface area contributed by atoms with Crippen molar-refractivity contribution in [3.8, 4) is 16.3 Å². The van der Waals surface area contributed by atoms with Crippen LogP contribution in [0.25, 0.3) is 10.6 Å². The molecule has 2 amide bonds. The molecule has 0 saturated carbocycles. The summed E-state index contributed by atoms with van der Waals surface area (Å²) in [6.07, 6.45) is -3.61. The number of hydrogen-bond acceptors (Lipinski definition) is 8. The van der Waals surface area contributed by atoms with Crippen LogP contribution in [0.2, 0.25) is 10.2 Å². The van der Waals surface area contributed by atoms with Gasteiger partial charge in [-0.1, -0.05) is 64.9 Å². The molecule has 0 bridgehead atoms. The van der Waals surface area contributed by atoms with Crippen molar-refractivity contribution in [1.82, 2.24) is 15.3 Å². The lowest BCUT2D eigenvalue weighted by Gasteiger charge is -2.13. The first-order chi connectivity index (χ1) is 19.1. The molecule has 2 heterocycles. The van der Waals surface area contributed by atoms with Crippen LogP contribution in [0, 0.1) is 0 Å². The van der Waals surface area contributed by atoms with Crippen molar-refractivity contribution in [2.45, 2.75) is 17.6 Å². The molecule has 3 N–H and O–H groups in total. The standard InChI is InChI=1S/C25H17Cl2F3N4O5S2/c1-41(38,39)14-8-6-12(7-9-14)23-33-18(22(37)31-11-13-4-2-3-5-15(13)25(28,29)30)24(40-23)34-21(36)17-10-16(26)19(35)20(27)32-17/h2-10,35H,11H2,1H3,(H,31,37)(H,34,36). The quantitative estimate of drug-likeness (QED) is 0.215. The third kappa shape index (κ3) is 6.96. The van der Waals surface area contributed by atoms with Gasteiger partial charge in [-0.2, -0.15) is 13.2 Å². The Labute approximate surface area is 244 Å². The molecule has 0 atom stereocenters. The molecule has 41 heavy (non-hydrogen) atoms. The second-order valence-electron chi connectivity index (χ2n) is 8.41. The van der Waals surface area contributed by atoms with Gasteiger partial charge in [0.05, 0.1) is 15.5 Å². The molecular formula is C25H17Cl2F3N4O5S2. The Morgan fingerprint density at radius 1 is 1.02 bits per heavy atom. The number of anilines is 1. The van der Waals surface area contributed by atoms with Crippen LogP contribution >= 0.6 is 34.5 Å². The van der Waals surface area contributed by atoms with E-state index in [0.717, 1.165) is 29.7 Å². The molecule has 0 aliphatic heterocycles. The summed E-state index contributed by atoms with van der Waals surface area (Å²) >= 11 is 12.5. The average Bonchev–Trinajstić information content (AvgIpc) is 3.33. The fraction of sp³-hybridized carbons (Fsp3) is 0.120. The lowest BCUT2D eigenvalue weighted by molar-refractivity contribution is -0.138. The molecule has 0 unspecified atom stereocenters. The van der Waals surface area contributed by atoms with Crippen molar-refractivity contribution >= 4 is 61.2 Å². The van der Waals surface area contributed by atoms with Gasteiger partial charge in [0.25, 0.3) is 11.8 Å². The fourth-order valence-corrected chi connectivity index (χ4v) is 5.53. The second-order valence-corrected chi connectivity index (χ2v) is 12.2. The molecule has 0 aliphatic carbocycles. The number of nitrogens with one attached hydrogen (secondary N) is 2. The molecule has 0 aliphatic rings. The Morgan fingerprint density at radius 3 is 2.29 bits per heavy atom. The summed E-state index contributed by atoms with van der Waals surface area (Å²) in [6.45, 7) is -0.497. The van der Waals surface area contributed by atoms with E-state index in [4.69, 9.17) is 23.2 Å². The van der Waals surface area contributed by atoms with Gasteiger partial charge in [0.1, 0.15) is 15.7 Å². The van der Waals surface area contributed by atoms with Gasteiger partial charge in [0.2, 0.25) is 0 Å². The monoisotopic (exact) mass is 644 g/mol. The summed E-state index contributed by atoms with van der Waals surface area (Å²) < 4.78 is 63.8. The molecule has 0 fully saturated rings. The Hall–Kier alpha value is -3.72. The smallest absolute Gasteiger partial charge is 0.416 e. The summed E-state index contributed by atoms with van der Waals surface area (Å²) in [5.41, 5.74) is -1.36. The number of carbonyl (C=O) groups excluding carboxylic acids is 2. The highest BCUT2D eigenvalue weighted by Gasteiger charge is 2.33. The van der Waals surface area contributed by atoms with Gasteiger partial charge in [-0.05, 0) is 29.8 Å². The first-order valence-electron chi connectivity index (χ1n) is 11.3. The number of halogens is 5. The molecule has 4 aromatic rings. The van der Waals surface area contributed by atoms with Gasteiger partial charge in [-0.25, -0.2) is 18.4 Å². The van der Waals surface area contributed by atoms with E-state index in [1.54, 1.807) is 0 Å². The molecule has 2 aromatic heterocycles. The number of amides is 2. The van der Waals surface area contributed by atoms with Crippen molar-refractivity contribution in [1.29, 1.82) is 0 Å². The number of thiazole rings is 1. The maximum atomic E-state index is 13.4. The van der Waals surface area contributed by atoms with Crippen molar-refractivity contribution in [3.05, 3.63) is 87.3 Å². The number of aromatic hydroxyl groups is 1. The molecule has 2 aromatic carbocycles. The number of pyridine rings is 1. The van der Waals surface area contributed by atoms with Crippen molar-refractivity contribution in [3.63, 3.8) is 0 Å². The minimum atomic E-state index is -4.65. The third-order valence-electron chi connectivity index (χ3n) is 5.50. The lowest BCUT2D eigenvalue weighted by Crippen LogP contribution is -2.26. The molecule has 4 rings (SSSR count). The van der Waals surface area contributed by atoms with Crippen LogP contribution in [0.4, 0.5) is 18.2 Å². The molecule has 214 valence electrons. The number of aromatic nitrogens is 2.